The number of benzene rings is 2. The summed E-state index contributed by atoms with van der Waals surface area (Å²) in [5.74, 6) is -0.149. The Balaban J connectivity index is 1.39. The van der Waals surface area contributed by atoms with Crippen LogP contribution in [-0.2, 0) is 6.54 Å². The number of nitrogens with zero attached hydrogens (tertiary/aromatic N) is 3. The lowest BCUT2D eigenvalue weighted by Gasteiger charge is -2.04. The molecule has 1 N–H and O–H groups in total. The predicted molar refractivity (Wildman–Crippen MR) is 130 cm³/mol. The molecule has 3 aromatic heterocycles. The van der Waals surface area contributed by atoms with Crippen LogP contribution in [-0.4, -0.2) is 20.9 Å². The van der Waals surface area contributed by atoms with Gasteiger partial charge in [-0.2, -0.15) is 0 Å². The first-order chi connectivity index (χ1) is 15.8. The summed E-state index contributed by atoms with van der Waals surface area (Å²) in [4.78, 5) is 27.3. The van der Waals surface area contributed by atoms with E-state index in [0.717, 1.165) is 32.4 Å². The highest BCUT2D eigenvalue weighted by Gasteiger charge is 2.20. The second kappa shape index (κ2) is 9.21. The van der Waals surface area contributed by atoms with Gasteiger partial charge in [-0.15, -0.1) is 22.7 Å². The number of carbonyl (C=O) groups excluding carboxylic acids is 1. The molecule has 0 atom stereocenters. The molecule has 0 saturated heterocycles. The van der Waals surface area contributed by atoms with Crippen LogP contribution in [0.5, 0.6) is 0 Å². The highest BCUT2D eigenvalue weighted by molar-refractivity contribution is 7.17. The topological polar surface area (TPSA) is 67.8 Å². The van der Waals surface area contributed by atoms with Gasteiger partial charge in [-0.25, -0.2) is 9.97 Å². The second-order valence-electron chi connectivity index (χ2n) is 6.97. The van der Waals surface area contributed by atoms with Gasteiger partial charge in [0.25, 0.3) is 5.91 Å². The van der Waals surface area contributed by atoms with Gasteiger partial charge in [-0.3, -0.25) is 9.78 Å². The van der Waals surface area contributed by atoms with Crippen molar-refractivity contribution in [2.75, 3.05) is 0 Å². The Hall–Kier alpha value is -3.68. The van der Waals surface area contributed by atoms with Crippen LogP contribution in [0, 0.1) is 0 Å². The van der Waals surface area contributed by atoms with Crippen molar-refractivity contribution in [3.05, 3.63) is 100 Å². The van der Waals surface area contributed by atoms with Crippen LogP contribution in [0.15, 0.2) is 90.6 Å². The van der Waals surface area contributed by atoms with Gasteiger partial charge in [0.2, 0.25) is 0 Å². The molecule has 0 fully saturated rings. The average Bonchev–Trinajstić information content (AvgIpc) is 3.52. The molecule has 1 amide bonds. The van der Waals surface area contributed by atoms with Gasteiger partial charge in [0.1, 0.15) is 14.9 Å². The molecule has 0 saturated carbocycles. The zero-order valence-corrected chi connectivity index (χ0v) is 18.6. The molecule has 0 aliphatic carbocycles. The average molecular weight is 455 g/mol. The molecule has 5 rings (SSSR count). The summed E-state index contributed by atoms with van der Waals surface area (Å²) in [6, 6.07) is 23.6. The van der Waals surface area contributed by atoms with E-state index in [0.29, 0.717) is 17.1 Å². The summed E-state index contributed by atoms with van der Waals surface area (Å²) < 4.78 is 0. The molecule has 156 valence electrons. The number of hydrogen-bond acceptors (Lipinski definition) is 6. The Kier molecular flexibility index (Phi) is 5.83. The zero-order valence-electron chi connectivity index (χ0n) is 16.9. The fourth-order valence-corrected chi connectivity index (χ4v) is 5.01. The van der Waals surface area contributed by atoms with E-state index in [9.17, 15) is 4.79 Å². The predicted octanol–water partition coefficient (Wildman–Crippen LogP) is 5.93. The van der Waals surface area contributed by atoms with E-state index < -0.39 is 0 Å². The molecule has 0 aliphatic heterocycles. The molecular formula is C25H18N4OS2. The fourth-order valence-electron chi connectivity index (χ4n) is 3.25. The molecule has 0 unspecified atom stereocenters. The zero-order chi connectivity index (χ0) is 21.8. The SMILES string of the molecule is O=C(NCc1nc(-c2ccncc2)cs1)c1sc(-c2ccccc2)nc1-c1ccccc1. The van der Waals surface area contributed by atoms with Crippen LogP contribution in [0.25, 0.3) is 33.1 Å². The summed E-state index contributed by atoms with van der Waals surface area (Å²) >= 11 is 2.93. The molecule has 3 heterocycles. The Morgan fingerprint density at radius 1 is 0.812 bits per heavy atom. The van der Waals surface area contributed by atoms with E-state index in [-0.39, 0.29) is 5.91 Å². The second-order valence-corrected chi connectivity index (χ2v) is 8.92. The minimum atomic E-state index is -0.149. The van der Waals surface area contributed by atoms with Crippen molar-refractivity contribution < 1.29 is 4.79 Å². The summed E-state index contributed by atoms with van der Waals surface area (Å²) in [5.41, 5.74) is 4.51. The van der Waals surface area contributed by atoms with Crippen molar-refractivity contribution in [1.82, 2.24) is 20.3 Å². The first-order valence-electron chi connectivity index (χ1n) is 10.0. The third-order valence-corrected chi connectivity index (χ3v) is 6.78. The molecule has 5 aromatic rings. The van der Waals surface area contributed by atoms with Crippen LogP contribution in [0.4, 0.5) is 0 Å². The minimum Gasteiger partial charge on any atom is -0.345 e. The number of nitrogens with one attached hydrogen (secondary N) is 1. The lowest BCUT2D eigenvalue weighted by molar-refractivity contribution is 0.0955. The third kappa shape index (κ3) is 4.34. The maximum absolute atomic E-state index is 13.2. The monoisotopic (exact) mass is 454 g/mol. The Labute approximate surface area is 193 Å². The van der Waals surface area contributed by atoms with Crippen molar-refractivity contribution in [2.45, 2.75) is 6.54 Å². The van der Waals surface area contributed by atoms with Gasteiger partial charge in [0, 0.05) is 34.5 Å². The van der Waals surface area contributed by atoms with Crippen molar-refractivity contribution in [1.29, 1.82) is 0 Å². The highest BCUT2D eigenvalue weighted by atomic mass is 32.1. The summed E-state index contributed by atoms with van der Waals surface area (Å²) in [6.07, 6.45) is 3.49. The summed E-state index contributed by atoms with van der Waals surface area (Å²) in [7, 11) is 0. The van der Waals surface area contributed by atoms with E-state index in [1.165, 1.54) is 22.7 Å². The lowest BCUT2D eigenvalue weighted by Crippen LogP contribution is -2.22. The van der Waals surface area contributed by atoms with E-state index in [2.05, 4.69) is 15.3 Å². The lowest BCUT2D eigenvalue weighted by atomic mass is 10.1. The van der Waals surface area contributed by atoms with Gasteiger partial charge in [-0.1, -0.05) is 60.7 Å². The normalized spacial score (nSPS) is 10.8. The van der Waals surface area contributed by atoms with Crippen molar-refractivity contribution in [3.63, 3.8) is 0 Å². The minimum absolute atomic E-state index is 0.149. The third-order valence-electron chi connectivity index (χ3n) is 4.83. The van der Waals surface area contributed by atoms with E-state index in [1.54, 1.807) is 12.4 Å². The Morgan fingerprint density at radius 3 is 2.22 bits per heavy atom. The van der Waals surface area contributed by atoms with Crippen LogP contribution >= 0.6 is 22.7 Å². The van der Waals surface area contributed by atoms with Gasteiger partial charge >= 0.3 is 0 Å². The van der Waals surface area contributed by atoms with Crippen LogP contribution in [0.2, 0.25) is 0 Å². The van der Waals surface area contributed by atoms with Crippen molar-refractivity contribution in [3.8, 4) is 33.1 Å². The number of thiazole rings is 2. The number of amides is 1. The van der Waals surface area contributed by atoms with Crippen LogP contribution in [0.3, 0.4) is 0 Å². The number of aromatic nitrogens is 3. The molecule has 0 radical (unpaired) electrons. The van der Waals surface area contributed by atoms with E-state index in [4.69, 9.17) is 4.98 Å². The van der Waals surface area contributed by atoms with E-state index in [1.807, 2.05) is 78.2 Å². The van der Waals surface area contributed by atoms with E-state index >= 15 is 0 Å². The van der Waals surface area contributed by atoms with Crippen LogP contribution < -0.4 is 5.32 Å². The smallest absolute Gasteiger partial charge is 0.264 e. The molecule has 0 spiro atoms. The largest absolute Gasteiger partial charge is 0.345 e. The number of rotatable bonds is 6. The molecule has 0 bridgehead atoms. The highest BCUT2D eigenvalue weighted by Crippen LogP contribution is 2.34. The number of hydrogen-bond donors (Lipinski definition) is 1. The maximum Gasteiger partial charge on any atom is 0.264 e. The van der Waals surface area contributed by atoms with Gasteiger partial charge in [0.05, 0.1) is 17.9 Å². The molecular weight excluding hydrogens is 436 g/mol. The fraction of sp³-hybridized carbons (Fsp3) is 0.0400. The standard InChI is InChI=1S/C25H18N4OS2/c30-24(27-15-21-28-20(16-31-21)17-11-13-26-14-12-17)23-22(18-7-3-1-4-8-18)29-25(32-23)19-9-5-2-6-10-19/h1-14,16H,15H2,(H,27,30). The molecule has 2 aromatic carbocycles. The molecule has 5 nitrogen and oxygen atoms in total. The number of pyridine rings is 1. The molecule has 32 heavy (non-hydrogen) atoms. The van der Waals surface area contributed by atoms with Gasteiger partial charge in [0.15, 0.2) is 0 Å². The number of carbonyl (C=O) groups is 1. The Bertz CT molecular complexity index is 1330. The molecule has 7 heteroatoms. The Morgan fingerprint density at radius 2 is 1.50 bits per heavy atom. The van der Waals surface area contributed by atoms with Crippen LogP contribution in [0.1, 0.15) is 14.7 Å². The van der Waals surface area contributed by atoms with Crippen molar-refractivity contribution >= 4 is 28.6 Å². The quantitative estimate of drug-likeness (QED) is 0.345. The van der Waals surface area contributed by atoms with Gasteiger partial charge in [-0.05, 0) is 12.1 Å². The maximum atomic E-state index is 13.2. The first kappa shape index (κ1) is 20.2. The summed E-state index contributed by atoms with van der Waals surface area (Å²) in [5, 5.41) is 6.68. The van der Waals surface area contributed by atoms with Crippen molar-refractivity contribution in [2.24, 2.45) is 0 Å². The first-order valence-corrected chi connectivity index (χ1v) is 11.7. The summed E-state index contributed by atoms with van der Waals surface area (Å²) in [6.45, 7) is 0.362. The molecule has 0 aliphatic rings. The van der Waals surface area contributed by atoms with Gasteiger partial charge < -0.3 is 5.32 Å².